The van der Waals surface area contributed by atoms with Crippen molar-refractivity contribution in [2.75, 3.05) is 32.6 Å². The summed E-state index contributed by atoms with van der Waals surface area (Å²) in [6.45, 7) is 2.42. The molecule has 0 radical (unpaired) electrons. The molecule has 29 heavy (non-hydrogen) atoms. The third-order valence-corrected chi connectivity index (χ3v) is 5.52. The highest BCUT2D eigenvalue weighted by Gasteiger charge is 2.17. The Hall–Kier alpha value is -2.25. The Balaban J connectivity index is 0.00000420. The molecule has 0 aromatic heterocycles. The van der Waals surface area contributed by atoms with Crippen LogP contribution < -0.4 is 38.8 Å². The Morgan fingerprint density at radius 1 is 1.17 bits per heavy atom. The summed E-state index contributed by atoms with van der Waals surface area (Å²) in [7, 11) is -0.403. The van der Waals surface area contributed by atoms with Crippen LogP contribution in [0.3, 0.4) is 0 Å². The molecule has 0 saturated carbocycles. The van der Waals surface area contributed by atoms with Crippen molar-refractivity contribution in [2.45, 2.75) is 11.8 Å². The molecule has 11 heteroatoms. The zero-order valence-corrected chi connectivity index (χ0v) is 19.2. The van der Waals surface area contributed by atoms with Crippen LogP contribution in [0.25, 0.3) is 0 Å². The van der Waals surface area contributed by atoms with Crippen LogP contribution >= 0.6 is 0 Å². The van der Waals surface area contributed by atoms with Crippen LogP contribution in [-0.2, 0) is 10.0 Å². The SMILES string of the molecule is COc1ccc(NC(C)=[N+](C)CCNS(=O)(=O)c2cccc([N+](=O)[O-])c2)cc1.[I-]. The lowest BCUT2D eigenvalue weighted by atomic mass is 10.3. The van der Waals surface area contributed by atoms with E-state index in [1.54, 1.807) is 7.11 Å². The quantitative estimate of drug-likeness (QED) is 0.113. The number of nitrogens with one attached hydrogen (secondary N) is 2. The minimum Gasteiger partial charge on any atom is -1.00 e. The summed E-state index contributed by atoms with van der Waals surface area (Å²) >= 11 is 0. The first-order valence-electron chi connectivity index (χ1n) is 8.43. The van der Waals surface area contributed by atoms with E-state index in [2.05, 4.69) is 10.0 Å². The van der Waals surface area contributed by atoms with Gasteiger partial charge in [0.1, 0.15) is 11.4 Å². The first-order valence-corrected chi connectivity index (χ1v) is 9.91. The van der Waals surface area contributed by atoms with Crippen molar-refractivity contribution in [3.8, 4) is 5.75 Å². The highest BCUT2D eigenvalue weighted by molar-refractivity contribution is 7.89. The van der Waals surface area contributed by atoms with Gasteiger partial charge in [0.15, 0.2) is 0 Å². The number of non-ortho nitro benzene ring substituents is 1. The normalized spacial score (nSPS) is 11.8. The number of hydrogen-bond donors (Lipinski definition) is 2. The molecule has 2 aromatic rings. The Morgan fingerprint density at radius 3 is 2.41 bits per heavy atom. The van der Waals surface area contributed by atoms with Gasteiger partial charge in [-0.3, -0.25) is 14.7 Å². The summed E-state index contributed by atoms with van der Waals surface area (Å²) in [5.41, 5.74) is 0.607. The summed E-state index contributed by atoms with van der Waals surface area (Å²) in [6, 6.07) is 12.4. The third kappa shape index (κ3) is 7.25. The van der Waals surface area contributed by atoms with Crippen molar-refractivity contribution in [2.24, 2.45) is 0 Å². The molecule has 0 fully saturated rings. The number of likely N-dealkylation sites (N-methyl/N-ethyl adjacent to an activating group) is 1. The van der Waals surface area contributed by atoms with Gasteiger partial charge in [-0.2, -0.15) is 0 Å². The highest BCUT2D eigenvalue weighted by atomic mass is 127. The van der Waals surface area contributed by atoms with E-state index in [-0.39, 0.29) is 41.1 Å². The Morgan fingerprint density at radius 2 is 1.83 bits per heavy atom. The topological polar surface area (TPSA) is 114 Å². The Kier molecular flexibility index (Phi) is 9.46. The predicted octanol–water partition coefficient (Wildman–Crippen LogP) is -0.941. The second-order valence-electron chi connectivity index (χ2n) is 6.01. The molecule has 0 aliphatic rings. The lowest BCUT2D eigenvalue weighted by Crippen LogP contribution is -3.00. The number of ether oxygens (including phenoxy) is 1. The van der Waals surface area contributed by atoms with E-state index < -0.39 is 14.9 Å². The fourth-order valence-electron chi connectivity index (χ4n) is 2.34. The van der Waals surface area contributed by atoms with Crippen LogP contribution in [0.1, 0.15) is 6.92 Å². The van der Waals surface area contributed by atoms with E-state index in [4.69, 9.17) is 4.74 Å². The van der Waals surface area contributed by atoms with Crippen LogP contribution in [0.15, 0.2) is 53.4 Å². The molecule has 0 aliphatic carbocycles. The van der Waals surface area contributed by atoms with Crippen molar-refractivity contribution in [3.05, 3.63) is 58.6 Å². The van der Waals surface area contributed by atoms with Crippen molar-refractivity contribution in [3.63, 3.8) is 0 Å². The number of methoxy groups -OCH3 is 1. The summed E-state index contributed by atoms with van der Waals surface area (Å²) in [4.78, 5) is 10.0. The van der Waals surface area contributed by atoms with Gasteiger partial charge in [0.25, 0.3) is 5.69 Å². The number of benzene rings is 2. The molecular formula is C18H23IN4O5S. The number of rotatable bonds is 8. The molecule has 2 rings (SSSR count). The molecule has 0 unspecified atom stereocenters. The standard InChI is InChI=1S/C18H22N4O5S.HI/c1-14(20-15-7-9-17(27-3)10-8-15)21(2)12-11-19-28(25,26)18-6-4-5-16(13-18)22(23)24;/h4-10,13,19H,11-12H2,1-3H3;1H. The van der Waals surface area contributed by atoms with Crippen LogP contribution in [0.5, 0.6) is 5.75 Å². The maximum Gasteiger partial charge on any atom is 0.270 e. The van der Waals surface area contributed by atoms with E-state index in [1.807, 2.05) is 42.8 Å². The molecule has 2 N–H and O–H groups in total. The van der Waals surface area contributed by atoms with Crippen LogP contribution in [0.2, 0.25) is 0 Å². The van der Waals surface area contributed by atoms with Crippen LogP contribution in [0.4, 0.5) is 11.4 Å². The highest BCUT2D eigenvalue weighted by Crippen LogP contribution is 2.17. The van der Waals surface area contributed by atoms with Crippen molar-refractivity contribution < 1.29 is 46.6 Å². The van der Waals surface area contributed by atoms with Gasteiger partial charge >= 0.3 is 0 Å². The fraction of sp³-hybridized carbons (Fsp3) is 0.278. The summed E-state index contributed by atoms with van der Waals surface area (Å²) in [5.74, 6) is 1.59. The number of anilines is 1. The Labute approximate surface area is 187 Å². The van der Waals surface area contributed by atoms with Gasteiger partial charge in [0, 0.05) is 25.6 Å². The minimum atomic E-state index is -3.83. The van der Waals surface area contributed by atoms with Crippen molar-refractivity contribution in [1.29, 1.82) is 0 Å². The monoisotopic (exact) mass is 534 g/mol. The molecular weight excluding hydrogens is 511 g/mol. The molecule has 2 aromatic carbocycles. The molecule has 0 amide bonds. The van der Waals surface area contributed by atoms with Crippen molar-refractivity contribution >= 4 is 27.2 Å². The average molecular weight is 534 g/mol. The van der Waals surface area contributed by atoms with E-state index in [1.165, 1.54) is 18.2 Å². The van der Waals surface area contributed by atoms with Gasteiger partial charge < -0.3 is 28.7 Å². The van der Waals surface area contributed by atoms with Gasteiger partial charge in [-0.25, -0.2) is 18.5 Å². The van der Waals surface area contributed by atoms with Crippen LogP contribution in [0, 0.1) is 10.1 Å². The summed E-state index contributed by atoms with van der Waals surface area (Å²) < 4.78 is 34.1. The maximum atomic E-state index is 12.3. The third-order valence-electron chi connectivity index (χ3n) is 4.07. The van der Waals surface area contributed by atoms with Gasteiger partial charge in [0.05, 0.1) is 30.5 Å². The van der Waals surface area contributed by atoms with Gasteiger partial charge in [-0.15, -0.1) is 0 Å². The molecule has 0 saturated heterocycles. The Bertz CT molecular complexity index is 978. The molecule has 0 heterocycles. The number of hydrogen-bond acceptors (Lipinski definition) is 5. The lowest BCUT2D eigenvalue weighted by molar-refractivity contribution is -0.495. The smallest absolute Gasteiger partial charge is 0.270 e. The number of nitrogens with zero attached hydrogens (tertiary/aromatic N) is 2. The second kappa shape index (κ2) is 11.1. The lowest BCUT2D eigenvalue weighted by Gasteiger charge is -2.09. The van der Waals surface area contributed by atoms with E-state index in [9.17, 15) is 18.5 Å². The first kappa shape index (κ1) is 24.8. The minimum absolute atomic E-state index is 0. The van der Waals surface area contributed by atoms with Gasteiger partial charge in [0.2, 0.25) is 15.9 Å². The fourth-order valence-corrected chi connectivity index (χ4v) is 3.40. The van der Waals surface area contributed by atoms with E-state index in [0.29, 0.717) is 6.54 Å². The molecule has 0 atom stereocenters. The largest absolute Gasteiger partial charge is 1.00 e. The zero-order valence-electron chi connectivity index (χ0n) is 16.3. The van der Waals surface area contributed by atoms with Gasteiger partial charge in [-0.1, -0.05) is 6.07 Å². The number of nitro benzene ring substituents is 1. The van der Waals surface area contributed by atoms with E-state index >= 15 is 0 Å². The second-order valence-corrected chi connectivity index (χ2v) is 7.78. The van der Waals surface area contributed by atoms with Crippen molar-refractivity contribution in [1.82, 2.24) is 4.72 Å². The zero-order chi connectivity index (χ0) is 20.7. The first-order chi connectivity index (χ1) is 13.2. The number of nitro groups is 1. The average Bonchev–Trinajstić information content (AvgIpc) is 2.68. The molecule has 0 aliphatic heterocycles. The number of halogens is 1. The van der Waals surface area contributed by atoms with E-state index in [0.717, 1.165) is 23.3 Å². The maximum absolute atomic E-state index is 12.3. The number of amidine groups is 1. The van der Waals surface area contributed by atoms with Crippen LogP contribution in [-0.4, -0.2) is 51.0 Å². The van der Waals surface area contributed by atoms with Gasteiger partial charge in [-0.05, 0) is 30.3 Å². The predicted molar refractivity (Wildman–Crippen MR) is 107 cm³/mol. The number of sulfonamides is 1. The molecule has 0 spiro atoms. The summed E-state index contributed by atoms with van der Waals surface area (Å²) in [6.07, 6.45) is 0. The summed E-state index contributed by atoms with van der Waals surface area (Å²) in [5, 5.41) is 14.0. The molecule has 9 nitrogen and oxygen atoms in total. The molecule has 0 bridgehead atoms. The molecule has 158 valence electrons.